The molecule has 18 heavy (non-hydrogen) atoms. The largest absolute Gasteiger partial charge is 0.383 e. The lowest BCUT2D eigenvalue weighted by Crippen LogP contribution is -2.46. The number of likely N-dealkylation sites (N-methyl/N-ethyl adjacent to an activating group) is 1. The molecule has 1 saturated carbocycles. The van der Waals surface area contributed by atoms with Crippen LogP contribution in [0, 0.1) is 11.8 Å². The number of nitrogens with one attached hydrogen (secondary N) is 1. The zero-order valence-corrected chi connectivity index (χ0v) is 12.7. The standard InChI is InChI=1S/C15H32N2O/c1-5-16-15-8-7-13(3)11-14(15)12-17(6-2)9-10-18-4/h13-16H,5-12H2,1-4H3. The van der Waals surface area contributed by atoms with Gasteiger partial charge in [-0.05, 0) is 44.2 Å². The van der Waals surface area contributed by atoms with Gasteiger partial charge in [0.15, 0.2) is 0 Å². The van der Waals surface area contributed by atoms with Crippen molar-refractivity contribution in [3.05, 3.63) is 0 Å². The van der Waals surface area contributed by atoms with Crippen LogP contribution < -0.4 is 5.32 Å². The van der Waals surface area contributed by atoms with E-state index in [2.05, 4.69) is 31.0 Å². The predicted molar refractivity (Wildman–Crippen MR) is 78.0 cm³/mol. The summed E-state index contributed by atoms with van der Waals surface area (Å²) in [6.45, 7) is 12.2. The van der Waals surface area contributed by atoms with Gasteiger partial charge in [0.1, 0.15) is 0 Å². The van der Waals surface area contributed by atoms with Crippen LogP contribution in [0.25, 0.3) is 0 Å². The molecule has 1 rings (SSSR count). The van der Waals surface area contributed by atoms with Gasteiger partial charge in [-0.2, -0.15) is 0 Å². The molecule has 1 fully saturated rings. The Morgan fingerprint density at radius 3 is 2.67 bits per heavy atom. The first-order valence-electron chi connectivity index (χ1n) is 7.65. The van der Waals surface area contributed by atoms with E-state index in [0.717, 1.165) is 44.1 Å². The summed E-state index contributed by atoms with van der Waals surface area (Å²) in [6.07, 6.45) is 4.11. The highest BCUT2D eigenvalue weighted by Crippen LogP contribution is 2.29. The maximum atomic E-state index is 5.20. The van der Waals surface area contributed by atoms with E-state index >= 15 is 0 Å². The second-order valence-electron chi connectivity index (χ2n) is 5.73. The Hall–Kier alpha value is -0.120. The van der Waals surface area contributed by atoms with Gasteiger partial charge in [0, 0.05) is 26.2 Å². The van der Waals surface area contributed by atoms with Crippen molar-refractivity contribution in [3.8, 4) is 0 Å². The van der Waals surface area contributed by atoms with Crippen LogP contribution in [0.2, 0.25) is 0 Å². The molecule has 3 atom stereocenters. The molecule has 0 aromatic rings. The maximum absolute atomic E-state index is 5.20. The summed E-state index contributed by atoms with van der Waals surface area (Å²) in [6, 6.07) is 0.725. The SMILES string of the molecule is CCNC1CCC(C)CC1CN(CC)CCOC. The average Bonchev–Trinajstić information content (AvgIpc) is 2.37. The molecule has 0 aliphatic heterocycles. The third-order valence-corrected chi connectivity index (χ3v) is 4.26. The highest BCUT2D eigenvalue weighted by Gasteiger charge is 2.28. The molecule has 0 aromatic heterocycles. The summed E-state index contributed by atoms with van der Waals surface area (Å²) in [7, 11) is 1.79. The van der Waals surface area contributed by atoms with Crippen LogP contribution in [-0.2, 0) is 4.74 Å². The maximum Gasteiger partial charge on any atom is 0.0589 e. The number of ether oxygens (including phenoxy) is 1. The minimum absolute atomic E-state index is 0.725. The summed E-state index contributed by atoms with van der Waals surface area (Å²) in [5.74, 6) is 1.71. The number of rotatable bonds is 8. The Labute approximate surface area is 113 Å². The zero-order valence-electron chi connectivity index (χ0n) is 12.7. The highest BCUT2D eigenvalue weighted by atomic mass is 16.5. The molecule has 0 aromatic carbocycles. The van der Waals surface area contributed by atoms with Crippen molar-refractivity contribution < 1.29 is 4.74 Å². The van der Waals surface area contributed by atoms with Gasteiger partial charge in [-0.3, -0.25) is 0 Å². The molecule has 1 N–H and O–H groups in total. The van der Waals surface area contributed by atoms with Crippen molar-refractivity contribution in [2.75, 3.05) is 39.9 Å². The summed E-state index contributed by atoms with van der Waals surface area (Å²) in [5.41, 5.74) is 0. The van der Waals surface area contributed by atoms with Gasteiger partial charge >= 0.3 is 0 Å². The molecule has 3 unspecified atom stereocenters. The monoisotopic (exact) mass is 256 g/mol. The van der Waals surface area contributed by atoms with E-state index in [9.17, 15) is 0 Å². The first-order valence-corrected chi connectivity index (χ1v) is 7.65. The molecule has 0 radical (unpaired) electrons. The molecule has 0 bridgehead atoms. The van der Waals surface area contributed by atoms with Gasteiger partial charge in [0.2, 0.25) is 0 Å². The molecular formula is C15H32N2O. The van der Waals surface area contributed by atoms with Crippen LogP contribution in [0.5, 0.6) is 0 Å². The van der Waals surface area contributed by atoms with Crippen LogP contribution in [-0.4, -0.2) is 50.8 Å². The van der Waals surface area contributed by atoms with Crippen molar-refractivity contribution in [2.24, 2.45) is 11.8 Å². The van der Waals surface area contributed by atoms with E-state index in [0.29, 0.717) is 0 Å². The van der Waals surface area contributed by atoms with Crippen molar-refractivity contribution >= 4 is 0 Å². The first-order chi connectivity index (χ1) is 8.71. The summed E-state index contributed by atoms with van der Waals surface area (Å²) in [5, 5.41) is 3.68. The quantitative estimate of drug-likeness (QED) is 0.721. The van der Waals surface area contributed by atoms with E-state index in [4.69, 9.17) is 4.74 Å². The topological polar surface area (TPSA) is 24.5 Å². The highest BCUT2D eigenvalue weighted by molar-refractivity contribution is 4.85. The molecule has 3 nitrogen and oxygen atoms in total. The van der Waals surface area contributed by atoms with Gasteiger partial charge in [-0.15, -0.1) is 0 Å². The van der Waals surface area contributed by atoms with Crippen LogP contribution >= 0.6 is 0 Å². The second kappa shape index (κ2) is 8.89. The summed E-state index contributed by atoms with van der Waals surface area (Å²) >= 11 is 0. The third kappa shape index (κ3) is 5.25. The average molecular weight is 256 g/mol. The molecule has 0 amide bonds. The van der Waals surface area contributed by atoms with Crippen LogP contribution in [0.15, 0.2) is 0 Å². The molecule has 1 aliphatic rings. The minimum Gasteiger partial charge on any atom is -0.383 e. The summed E-state index contributed by atoms with van der Waals surface area (Å²) in [4.78, 5) is 2.54. The lowest BCUT2D eigenvalue weighted by Gasteiger charge is -2.38. The fourth-order valence-corrected chi connectivity index (χ4v) is 3.16. The Morgan fingerprint density at radius 1 is 1.28 bits per heavy atom. The van der Waals surface area contributed by atoms with Gasteiger partial charge in [0.25, 0.3) is 0 Å². The fourth-order valence-electron chi connectivity index (χ4n) is 3.16. The molecule has 1 aliphatic carbocycles. The molecule has 0 spiro atoms. The molecule has 108 valence electrons. The Balaban J connectivity index is 2.47. The van der Waals surface area contributed by atoms with Gasteiger partial charge in [0.05, 0.1) is 6.61 Å². The number of methoxy groups -OCH3 is 1. The summed E-state index contributed by atoms with van der Waals surface area (Å²) < 4.78 is 5.20. The normalized spacial score (nSPS) is 28.8. The van der Waals surface area contributed by atoms with Crippen molar-refractivity contribution in [1.29, 1.82) is 0 Å². The van der Waals surface area contributed by atoms with E-state index in [1.165, 1.54) is 25.8 Å². The molecule has 0 heterocycles. The molecule has 3 heteroatoms. The third-order valence-electron chi connectivity index (χ3n) is 4.26. The smallest absolute Gasteiger partial charge is 0.0589 e. The van der Waals surface area contributed by atoms with E-state index in [-0.39, 0.29) is 0 Å². The Morgan fingerprint density at radius 2 is 2.06 bits per heavy atom. The number of hydrogen-bond donors (Lipinski definition) is 1. The molecular weight excluding hydrogens is 224 g/mol. The Kier molecular flexibility index (Phi) is 7.87. The lowest BCUT2D eigenvalue weighted by molar-refractivity contribution is 0.113. The van der Waals surface area contributed by atoms with E-state index < -0.39 is 0 Å². The van der Waals surface area contributed by atoms with Crippen LogP contribution in [0.1, 0.15) is 40.0 Å². The predicted octanol–water partition coefficient (Wildman–Crippen LogP) is 2.37. The number of hydrogen-bond acceptors (Lipinski definition) is 3. The van der Waals surface area contributed by atoms with Crippen molar-refractivity contribution in [3.63, 3.8) is 0 Å². The second-order valence-corrected chi connectivity index (χ2v) is 5.73. The van der Waals surface area contributed by atoms with Crippen LogP contribution in [0.3, 0.4) is 0 Å². The van der Waals surface area contributed by atoms with E-state index in [1.54, 1.807) is 7.11 Å². The van der Waals surface area contributed by atoms with E-state index in [1.807, 2.05) is 0 Å². The molecule has 0 saturated heterocycles. The first kappa shape index (κ1) is 15.9. The Bertz CT molecular complexity index is 211. The lowest BCUT2D eigenvalue weighted by atomic mass is 9.78. The van der Waals surface area contributed by atoms with Crippen molar-refractivity contribution in [1.82, 2.24) is 10.2 Å². The van der Waals surface area contributed by atoms with Gasteiger partial charge in [-0.1, -0.05) is 20.8 Å². The van der Waals surface area contributed by atoms with Crippen molar-refractivity contribution in [2.45, 2.75) is 46.1 Å². The minimum atomic E-state index is 0.725. The van der Waals surface area contributed by atoms with Gasteiger partial charge < -0.3 is 15.0 Å². The number of nitrogens with zero attached hydrogens (tertiary/aromatic N) is 1. The van der Waals surface area contributed by atoms with Gasteiger partial charge in [-0.25, -0.2) is 0 Å². The zero-order chi connectivity index (χ0) is 13.4. The van der Waals surface area contributed by atoms with Crippen LogP contribution in [0.4, 0.5) is 0 Å². The fraction of sp³-hybridized carbons (Fsp3) is 1.00.